The molecule has 0 aliphatic heterocycles. The minimum absolute atomic E-state index is 0.136. The first-order valence-corrected chi connectivity index (χ1v) is 5.19. The van der Waals surface area contributed by atoms with Crippen LogP contribution in [0.1, 0.15) is 17.2 Å². The van der Waals surface area contributed by atoms with Gasteiger partial charge in [0.2, 0.25) is 0 Å². The first kappa shape index (κ1) is 14.3. The van der Waals surface area contributed by atoms with Crippen LogP contribution in [0.4, 0.5) is 0 Å². The topological polar surface area (TPSA) is 85.2 Å². The van der Waals surface area contributed by atoms with E-state index in [0.717, 1.165) is 0 Å². The van der Waals surface area contributed by atoms with E-state index in [9.17, 15) is 9.90 Å². The summed E-state index contributed by atoms with van der Waals surface area (Å²) < 4.78 is 15.2. The normalized spacial score (nSPS) is 12.0. The van der Waals surface area contributed by atoms with Crippen molar-refractivity contribution in [1.29, 1.82) is 0 Å². The molecule has 1 unspecified atom stereocenters. The van der Waals surface area contributed by atoms with E-state index in [1.54, 1.807) is 6.07 Å². The van der Waals surface area contributed by atoms with Gasteiger partial charge in [-0.2, -0.15) is 0 Å². The molecule has 1 aromatic rings. The fraction of sp³-hybridized carbons (Fsp3) is 0.417. The molecule has 0 fully saturated rings. The van der Waals surface area contributed by atoms with Gasteiger partial charge in [-0.3, -0.25) is 0 Å². The van der Waals surface area contributed by atoms with Crippen molar-refractivity contribution in [2.75, 3.05) is 21.3 Å². The van der Waals surface area contributed by atoms with E-state index in [2.05, 4.69) is 0 Å². The molecule has 1 rings (SSSR count). The second-order valence-electron chi connectivity index (χ2n) is 3.59. The third kappa shape index (κ3) is 2.91. The molecule has 6 nitrogen and oxygen atoms in total. The molecule has 0 aliphatic carbocycles. The van der Waals surface area contributed by atoms with Crippen molar-refractivity contribution in [3.8, 4) is 11.5 Å². The van der Waals surface area contributed by atoms with Gasteiger partial charge in [-0.15, -0.1) is 0 Å². The zero-order valence-electron chi connectivity index (χ0n) is 10.5. The lowest BCUT2D eigenvalue weighted by Crippen LogP contribution is -2.13. The molecule has 0 bridgehead atoms. The van der Waals surface area contributed by atoms with Crippen LogP contribution in [-0.2, 0) is 16.1 Å². The summed E-state index contributed by atoms with van der Waals surface area (Å²) in [6, 6.07) is 3.18. The predicted molar refractivity (Wildman–Crippen MR) is 62.9 cm³/mol. The van der Waals surface area contributed by atoms with Crippen molar-refractivity contribution in [3.05, 3.63) is 23.3 Å². The Bertz CT molecular complexity index is 429. The Morgan fingerprint density at radius 3 is 2.39 bits per heavy atom. The molecule has 0 spiro atoms. The molecule has 0 radical (unpaired) electrons. The highest BCUT2D eigenvalue weighted by atomic mass is 16.5. The summed E-state index contributed by atoms with van der Waals surface area (Å²) in [7, 11) is 4.33. The molecular formula is C12H16O6. The third-order valence-corrected chi connectivity index (χ3v) is 2.41. The van der Waals surface area contributed by atoms with Crippen molar-refractivity contribution >= 4 is 5.97 Å². The average molecular weight is 256 g/mol. The molecule has 0 saturated heterocycles. The largest absolute Gasteiger partial charge is 0.493 e. The van der Waals surface area contributed by atoms with E-state index >= 15 is 0 Å². The summed E-state index contributed by atoms with van der Waals surface area (Å²) in [5.41, 5.74) is 0.821. The number of hydrogen-bond donors (Lipinski definition) is 2. The highest BCUT2D eigenvalue weighted by molar-refractivity contribution is 5.76. The smallest absolute Gasteiger partial charge is 0.337 e. The Kier molecular flexibility index (Phi) is 4.94. The molecule has 18 heavy (non-hydrogen) atoms. The SMILES string of the molecule is COCc1cc(OC)c(OC)c(C(O)C(=O)O)c1. The predicted octanol–water partition coefficient (Wildman–Crippen LogP) is 0.968. The van der Waals surface area contributed by atoms with Gasteiger partial charge in [0, 0.05) is 12.7 Å². The number of ether oxygens (including phenoxy) is 3. The number of benzene rings is 1. The number of hydrogen-bond acceptors (Lipinski definition) is 5. The van der Waals surface area contributed by atoms with Crippen LogP contribution in [0, 0.1) is 0 Å². The lowest BCUT2D eigenvalue weighted by Gasteiger charge is -2.16. The van der Waals surface area contributed by atoms with Gasteiger partial charge in [-0.1, -0.05) is 0 Å². The summed E-state index contributed by atoms with van der Waals surface area (Å²) >= 11 is 0. The lowest BCUT2D eigenvalue weighted by molar-refractivity contribution is -0.147. The second kappa shape index (κ2) is 6.23. The lowest BCUT2D eigenvalue weighted by atomic mass is 10.0. The molecule has 0 saturated carbocycles. The molecule has 6 heteroatoms. The van der Waals surface area contributed by atoms with E-state index in [0.29, 0.717) is 11.3 Å². The van der Waals surface area contributed by atoms with Gasteiger partial charge < -0.3 is 24.4 Å². The maximum atomic E-state index is 10.9. The molecule has 1 aromatic carbocycles. The number of carbonyl (C=O) groups is 1. The molecule has 0 heterocycles. The van der Waals surface area contributed by atoms with Crippen molar-refractivity contribution in [2.24, 2.45) is 0 Å². The standard InChI is InChI=1S/C12H16O6/c1-16-6-7-4-8(10(13)12(14)15)11(18-3)9(5-7)17-2/h4-5,10,13H,6H2,1-3H3,(H,14,15). The van der Waals surface area contributed by atoms with Gasteiger partial charge >= 0.3 is 5.97 Å². The zero-order chi connectivity index (χ0) is 13.7. The average Bonchev–Trinajstić information content (AvgIpc) is 2.36. The van der Waals surface area contributed by atoms with E-state index in [1.807, 2.05) is 0 Å². The number of carboxylic acids is 1. The number of methoxy groups -OCH3 is 3. The molecule has 0 aliphatic rings. The highest BCUT2D eigenvalue weighted by Crippen LogP contribution is 2.36. The Morgan fingerprint density at radius 2 is 1.94 bits per heavy atom. The maximum absolute atomic E-state index is 10.9. The van der Waals surface area contributed by atoms with Gasteiger partial charge in [0.25, 0.3) is 0 Å². The van der Waals surface area contributed by atoms with E-state index in [1.165, 1.54) is 27.4 Å². The molecule has 0 amide bonds. The van der Waals surface area contributed by atoms with Crippen molar-refractivity contribution < 1.29 is 29.2 Å². The minimum atomic E-state index is -1.68. The number of carboxylic acid groups (broad SMARTS) is 1. The minimum Gasteiger partial charge on any atom is -0.493 e. The van der Waals surface area contributed by atoms with Crippen LogP contribution < -0.4 is 9.47 Å². The van der Waals surface area contributed by atoms with Gasteiger partial charge in [0.15, 0.2) is 17.6 Å². The maximum Gasteiger partial charge on any atom is 0.337 e. The number of aliphatic carboxylic acids is 1. The van der Waals surface area contributed by atoms with Crippen molar-refractivity contribution in [1.82, 2.24) is 0 Å². The number of rotatable bonds is 6. The third-order valence-electron chi connectivity index (χ3n) is 2.41. The Morgan fingerprint density at radius 1 is 1.28 bits per heavy atom. The van der Waals surface area contributed by atoms with Gasteiger partial charge in [0.1, 0.15) is 0 Å². The molecular weight excluding hydrogens is 240 g/mol. The van der Waals surface area contributed by atoms with Gasteiger partial charge in [0.05, 0.1) is 20.8 Å². The van der Waals surface area contributed by atoms with E-state index < -0.39 is 12.1 Å². The Hall–Kier alpha value is -1.79. The number of aliphatic hydroxyl groups excluding tert-OH is 1. The second-order valence-corrected chi connectivity index (χ2v) is 3.59. The first-order chi connectivity index (χ1) is 8.54. The van der Waals surface area contributed by atoms with Crippen LogP contribution in [-0.4, -0.2) is 37.5 Å². The van der Waals surface area contributed by atoms with E-state index in [4.69, 9.17) is 19.3 Å². The van der Waals surface area contributed by atoms with Crippen LogP contribution in [0.25, 0.3) is 0 Å². The van der Waals surface area contributed by atoms with Crippen molar-refractivity contribution in [3.63, 3.8) is 0 Å². The first-order valence-electron chi connectivity index (χ1n) is 5.19. The van der Waals surface area contributed by atoms with Gasteiger partial charge in [-0.25, -0.2) is 4.79 Å². The molecule has 100 valence electrons. The summed E-state index contributed by atoms with van der Waals surface area (Å²) in [5.74, 6) is -0.806. The monoisotopic (exact) mass is 256 g/mol. The van der Waals surface area contributed by atoms with Crippen LogP contribution in [0.2, 0.25) is 0 Å². The van der Waals surface area contributed by atoms with E-state index in [-0.39, 0.29) is 17.9 Å². The van der Waals surface area contributed by atoms with Crippen LogP contribution in [0.15, 0.2) is 12.1 Å². The quantitative estimate of drug-likeness (QED) is 0.788. The zero-order valence-corrected chi connectivity index (χ0v) is 10.5. The summed E-state index contributed by atoms with van der Waals surface area (Å²) in [5, 5.41) is 18.5. The fourth-order valence-electron chi connectivity index (χ4n) is 1.64. The summed E-state index contributed by atoms with van der Waals surface area (Å²) in [6.07, 6.45) is -1.68. The Labute approximate surface area is 105 Å². The van der Waals surface area contributed by atoms with Crippen LogP contribution in [0.5, 0.6) is 11.5 Å². The van der Waals surface area contributed by atoms with Crippen molar-refractivity contribution in [2.45, 2.75) is 12.7 Å². The highest BCUT2D eigenvalue weighted by Gasteiger charge is 2.24. The summed E-state index contributed by atoms with van der Waals surface area (Å²) in [4.78, 5) is 10.9. The van der Waals surface area contributed by atoms with Gasteiger partial charge in [-0.05, 0) is 17.7 Å². The van der Waals surface area contributed by atoms with Crippen LogP contribution in [0.3, 0.4) is 0 Å². The van der Waals surface area contributed by atoms with Crippen LogP contribution >= 0.6 is 0 Å². The number of aliphatic hydroxyl groups is 1. The molecule has 1 atom stereocenters. The molecule has 2 N–H and O–H groups in total. The Balaban J connectivity index is 3.34. The fourth-order valence-corrected chi connectivity index (χ4v) is 1.64. The summed E-state index contributed by atoms with van der Waals surface area (Å²) in [6.45, 7) is 0.277. The molecule has 0 aromatic heterocycles.